The molecule has 1 aliphatic rings. The van der Waals surface area contributed by atoms with Crippen molar-refractivity contribution in [3.8, 4) is 18.0 Å². The summed E-state index contributed by atoms with van der Waals surface area (Å²) in [6.07, 6.45) is 10.6. The third-order valence-corrected chi connectivity index (χ3v) is 7.41. The number of amides is 1. The SMILES string of the molecule is C#CCNC(=O)CSc1nc2sc3c(c2c(=O)n1-c1ccccc1C)CCCCC3. The van der Waals surface area contributed by atoms with E-state index in [0.29, 0.717) is 5.16 Å². The molecule has 0 atom stereocenters. The summed E-state index contributed by atoms with van der Waals surface area (Å²) in [5.41, 5.74) is 2.92. The van der Waals surface area contributed by atoms with E-state index in [9.17, 15) is 9.59 Å². The van der Waals surface area contributed by atoms with Crippen LogP contribution < -0.4 is 10.9 Å². The minimum atomic E-state index is -0.175. The maximum absolute atomic E-state index is 13.8. The number of rotatable bonds is 5. The second-order valence-electron chi connectivity index (χ2n) is 7.34. The Kier molecular flexibility index (Phi) is 6.26. The van der Waals surface area contributed by atoms with Crippen LogP contribution in [0.1, 0.15) is 35.3 Å². The maximum atomic E-state index is 13.8. The van der Waals surface area contributed by atoms with Gasteiger partial charge in [0.1, 0.15) is 4.83 Å². The first-order chi connectivity index (χ1) is 14.6. The Morgan fingerprint density at radius 3 is 2.90 bits per heavy atom. The van der Waals surface area contributed by atoms with Crippen molar-refractivity contribution in [3.05, 3.63) is 50.6 Å². The molecule has 0 radical (unpaired) electrons. The summed E-state index contributed by atoms with van der Waals surface area (Å²) >= 11 is 2.90. The largest absolute Gasteiger partial charge is 0.344 e. The van der Waals surface area contributed by atoms with Crippen molar-refractivity contribution in [1.82, 2.24) is 14.9 Å². The molecule has 0 aliphatic heterocycles. The van der Waals surface area contributed by atoms with Crippen LogP contribution in [0.25, 0.3) is 15.9 Å². The maximum Gasteiger partial charge on any atom is 0.267 e. The lowest BCUT2D eigenvalue weighted by atomic mass is 10.1. The van der Waals surface area contributed by atoms with Crippen molar-refractivity contribution in [1.29, 1.82) is 0 Å². The molecule has 2 heterocycles. The molecule has 1 aromatic carbocycles. The van der Waals surface area contributed by atoms with Crippen molar-refractivity contribution in [2.24, 2.45) is 0 Å². The number of thiophene rings is 1. The molecule has 0 fully saturated rings. The van der Waals surface area contributed by atoms with E-state index in [0.717, 1.165) is 47.2 Å². The van der Waals surface area contributed by atoms with Crippen LogP contribution in [0.5, 0.6) is 0 Å². The molecule has 1 amide bonds. The molecule has 1 N–H and O–H groups in total. The second kappa shape index (κ2) is 9.07. The van der Waals surface area contributed by atoms with E-state index < -0.39 is 0 Å². The summed E-state index contributed by atoms with van der Waals surface area (Å²) < 4.78 is 1.68. The molecule has 0 unspecified atom stereocenters. The summed E-state index contributed by atoms with van der Waals surface area (Å²) in [6.45, 7) is 2.17. The predicted molar refractivity (Wildman–Crippen MR) is 124 cm³/mol. The van der Waals surface area contributed by atoms with Crippen molar-refractivity contribution in [2.45, 2.75) is 44.2 Å². The van der Waals surface area contributed by atoms with Gasteiger partial charge in [0.15, 0.2) is 5.16 Å². The summed E-state index contributed by atoms with van der Waals surface area (Å²) in [4.78, 5) is 32.8. The van der Waals surface area contributed by atoms with Crippen molar-refractivity contribution < 1.29 is 4.79 Å². The normalized spacial score (nSPS) is 13.5. The zero-order valence-corrected chi connectivity index (χ0v) is 18.5. The van der Waals surface area contributed by atoms with Crippen LogP contribution >= 0.6 is 23.1 Å². The molecule has 7 heteroatoms. The lowest BCUT2D eigenvalue weighted by molar-refractivity contribution is -0.118. The van der Waals surface area contributed by atoms with Crippen molar-refractivity contribution in [2.75, 3.05) is 12.3 Å². The van der Waals surface area contributed by atoms with E-state index >= 15 is 0 Å². The van der Waals surface area contributed by atoms with Crippen molar-refractivity contribution in [3.63, 3.8) is 0 Å². The molecule has 1 aliphatic carbocycles. The topological polar surface area (TPSA) is 64.0 Å². The van der Waals surface area contributed by atoms with E-state index in [1.165, 1.54) is 28.6 Å². The third kappa shape index (κ3) is 4.03. The molecule has 0 saturated heterocycles. The number of carbonyl (C=O) groups is 1. The molecule has 0 saturated carbocycles. The average Bonchev–Trinajstić information content (AvgIpc) is 2.93. The van der Waals surface area contributed by atoms with E-state index in [4.69, 9.17) is 11.4 Å². The van der Waals surface area contributed by atoms with E-state index in [-0.39, 0.29) is 23.8 Å². The van der Waals surface area contributed by atoms with Crippen LogP contribution in [0.2, 0.25) is 0 Å². The number of thioether (sulfide) groups is 1. The van der Waals surface area contributed by atoms with Gasteiger partial charge in [-0.3, -0.25) is 14.2 Å². The number of aryl methyl sites for hydroxylation is 3. The van der Waals surface area contributed by atoms with Crippen LogP contribution in [-0.4, -0.2) is 27.8 Å². The number of aromatic nitrogens is 2. The number of nitrogens with zero attached hydrogens (tertiary/aromatic N) is 2. The Morgan fingerprint density at radius 2 is 2.10 bits per heavy atom. The molecule has 3 aromatic rings. The molecule has 0 spiro atoms. The highest BCUT2D eigenvalue weighted by molar-refractivity contribution is 7.99. The standard InChI is InChI=1S/C23H23N3O2S2/c1-3-13-24-19(27)14-29-23-25-21-20(16-10-5-4-6-12-18(16)30-21)22(28)26(23)17-11-8-7-9-15(17)2/h1,7-9,11H,4-6,10,12-14H2,2H3,(H,24,27). The number of nitrogens with one attached hydrogen (secondary N) is 1. The Morgan fingerprint density at radius 1 is 1.30 bits per heavy atom. The summed E-state index contributed by atoms with van der Waals surface area (Å²) in [5.74, 6) is 2.37. The van der Waals surface area contributed by atoms with Gasteiger partial charge in [0, 0.05) is 4.88 Å². The van der Waals surface area contributed by atoms with Gasteiger partial charge in [-0.25, -0.2) is 4.98 Å². The number of benzene rings is 1. The van der Waals surface area contributed by atoms with Gasteiger partial charge in [0.05, 0.1) is 23.4 Å². The van der Waals surface area contributed by atoms with Gasteiger partial charge in [-0.2, -0.15) is 0 Å². The van der Waals surface area contributed by atoms with Gasteiger partial charge in [0.25, 0.3) is 5.56 Å². The molecule has 2 aromatic heterocycles. The van der Waals surface area contributed by atoms with Crippen LogP contribution in [-0.2, 0) is 17.6 Å². The summed E-state index contributed by atoms with van der Waals surface area (Å²) in [5, 5.41) is 3.95. The molecule has 5 nitrogen and oxygen atoms in total. The number of carbonyl (C=O) groups excluding carboxylic acids is 1. The number of hydrogen-bond donors (Lipinski definition) is 1. The number of para-hydroxylation sites is 1. The van der Waals surface area contributed by atoms with Crippen LogP contribution in [0.3, 0.4) is 0 Å². The van der Waals surface area contributed by atoms with Gasteiger partial charge < -0.3 is 5.32 Å². The highest BCUT2D eigenvalue weighted by Crippen LogP contribution is 2.34. The number of terminal acetylenes is 1. The van der Waals surface area contributed by atoms with Gasteiger partial charge >= 0.3 is 0 Å². The average molecular weight is 438 g/mol. The van der Waals surface area contributed by atoms with Crippen molar-refractivity contribution >= 4 is 39.2 Å². The molecule has 0 bridgehead atoms. The number of hydrogen-bond acceptors (Lipinski definition) is 5. The Hall–Kier alpha value is -2.56. The van der Waals surface area contributed by atoms with E-state index in [2.05, 4.69) is 11.2 Å². The molecule has 30 heavy (non-hydrogen) atoms. The first-order valence-corrected chi connectivity index (χ1v) is 11.9. The zero-order valence-electron chi connectivity index (χ0n) is 16.9. The van der Waals surface area contributed by atoms with Crippen LogP contribution in [0.15, 0.2) is 34.2 Å². The molecule has 154 valence electrons. The number of fused-ring (bicyclic) bond motifs is 3. The fraction of sp³-hybridized carbons (Fsp3) is 0.348. The van der Waals surface area contributed by atoms with E-state index in [1.807, 2.05) is 31.2 Å². The van der Waals surface area contributed by atoms with Gasteiger partial charge in [-0.15, -0.1) is 17.8 Å². The monoisotopic (exact) mass is 437 g/mol. The smallest absolute Gasteiger partial charge is 0.267 e. The Labute approximate surface area is 183 Å². The first-order valence-electron chi connectivity index (χ1n) is 10.1. The highest BCUT2D eigenvalue weighted by atomic mass is 32.2. The fourth-order valence-corrected chi connectivity index (χ4v) is 5.96. The molecule has 4 rings (SSSR count). The Balaban J connectivity index is 1.86. The zero-order chi connectivity index (χ0) is 21.1. The minimum absolute atomic E-state index is 0.0415. The van der Waals surface area contributed by atoms with Gasteiger partial charge in [0.2, 0.25) is 5.91 Å². The summed E-state index contributed by atoms with van der Waals surface area (Å²) in [6, 6.07) is 7.78. The highest BCUT2D eigenvalue weighted by Gasteiger charge is 2.23. The minimum Gasteiger partial charge on any atom is -0.344 e. The fourth-order valence-electron chi connectivity index (χ4n) is 3.82. The lowest BCUT2D eigenvalue weighted by Crippen LogP contribution is -2.27. The first kappa shape index (κ1) is 20.7. The molecular formula is C23H23N3O2S2. The van der Waals surface area contributed by atoms with Gasteiger partial charge in [-0.05, 0) is 49.8 Å². The molecular weight excluding hydrogens is 414 g/mol. The third-order valence-electron chi connectivity index (χ3n) is 5.28. The van der Waals surface area contributed by atoms with Gasteiger partial charge in [-0.1, -0.05) is 42.3 Å². The predicted octanol–water partition coefficient (Wildman–Crippen LogP) is 3.87. The quantitative estimate of drug-likeness (QED) is 0.285. The van der Waals surface area contributed by atoms with E-state index in [1.54, 1.807) is 15.9 Å². The second-order valence-corrected chi connectivity index (χ2v) is 9.36. The van der Waals surface area contributed by atoms with Crippen LogP contribution in [0, 0.1) is 19.3 Å². The lowest BCUT2D eigenvalue weighted by Gasteiger charge is -2.14. The van der Waals surface area contributed by atoms with Crippen LogP contribution in [0.4, 0.5) is 0 Å². The summed E-state index contributed by atoms with van der Waals surface area (Å²) in [7, 11) is 0. The Bertz CT molecular complexity index is 1200.